The first-order valence-electron chi connectivity index (χ1n) is 11.5. The average molecular weight is 542 g/mol. The van der Waals surface area contributed by atoms with E-state index in [9.17, 15) is 34.2 Å². The lowest BCUT2D eigenvalue weighted by Crippen LogP contribution is -2.46. The first-order valence-corrected chi connectivity index (χ1v) is 11.5. The summed E-state index contributed by atoms with van der Waals surface area (Å²) in [5, 5.41) is 42.3. The van der Waals surface area contributed by atoms with Gasteiger partial charge in [0, 0.05) is 26.1 Å². The SMILES string of the molecule is N#CCOC(=O)c1ccc(CNC(=O)CN(CC(=O)NCc2ccc(C(=O)O)c(O)c2)C(=O)CCN)cc1O. The van der Waals surface area contributed by atoms with Gasteiger partial charge >= 0.3 is 11.9 Å². The summed E-state index contributed by atoms with van der Waals surface area (Å²) >= 11 is 0. The molecule has 0 atom stereocenters. The van der Waals surface area contributed by atoms with E-state index < -0.39 is 60.9 Å². The lowest BCUT2D eigenvalue weighted by atomic mass is 10.1. The van der Waals surface area contributed by atoms with Gasteiger partial charge in [0.15, 0.2) is 6.61 Å². The van der Waals surface area contributed by atoms with Crippen LogP contribution in [0.2, 0.25) is 0 Å². The van der Waals surface area contributed by atoms with Crippen molar-refractivity contribution in [2.45, 2.75) is 19.5 Å². The van der Waals surface area contributed by atoms with Crippen molar-refractivity contribution in [1.29, 1.82) is 5.26 Å². The fourth-order valence-electron chi connectivity index (χ4n) is 3.28. The molecule has 0 saturated carbocycles. The Morgan fingerprint density at radius 1 is 0.897 bits per heavy atom. The first-order chi connectivity index (χ1) is 18.5. The number of nitrogens with zero attached hydrogens (tertiary/aromatic N) is 2. The molecule has 0 aliphatic rings. The largest absolute Gasteiger partial charge is 0.507 e. The third-order valence-corrected chi connectivity index (χ3v) is 5.20. The highest BCUT2D eigenvalue weighted by Crippen LogP contribution is 2.20. The molecular weight excluding hydrogens is 514 g/mol. The van der Waals surface area contributed by atoms with Crippen LogP contribution in [0.15, 0.2) is 36.4 Å². The topological polar surface area (TPSA) is 232 Å². The number of aromatic hydroxyl groups is 2. The van der Waals surface area contributed by atoms with Crippen LogP contribution >= 0.6 is 0 Å². The van der Waals surface area contributed by atoms with E-state index >= 15 is 0 Å². The predicted octanol–water partition coefficient (Wildman–Crippen LogP) is -0.414. The maximum absolute atomic E-state index is 12.5. The number of nitrogens with one attached hydrogen (secondary N) is 2. The van der Waals surface area contributed by atoms with Crippen molar-refractivity contribution in [1.82, 2.24) is 15.5 Å². The van der Waals surface area contributed by atoms with E-state index in [2.05, 4.69) is 15.4 Å². The number of carboxylic acid groups (broad SMARTS) is 1. The van der Waals surface area contributed by atoms with Gasteiger partial charge in [-0.15, -0.1) is 0 Å². The highest BCUT2D eigenvalue weighted by Gasteiger charge is 2.20. The Labute approximate surface area is 222 Å². The average Bonchev–Trinajstić information content (AvgIpc) is 2.89. The van der Waals surface area contributed by atoms with Crippen LogP contribution < -0.4 is 16.4 Å². The maximum atomic E-state index is 12.5. The van der Waals surface area contributed by atoms with E-state index in [1.54, 1.807) is 6.07 Å². The zero-order chi connectivity index (χ0) is 28.9. The van der Waals surface area contributed by atoms with Crippen LogP contribution in [0.4, 0.5) is 0 Å². The van der Waals surface area contributed by atoms with E-state index in [1.165, 1.54) is 36.4 Å². The van der Waals surface area contributed by atoms with Gasteiger partial charge in [-0.1, -0.05) is 12.1 Å². The smallest absolute Gasteiger partial charge is 0.342 e. The highest BCUT2D eigenvalue weighted by molar-refractivity contribution is 5.93. The third kappa shape index (κ3) is 9.34. The standard InChI is InChI=1S/C25H27N5O9/c26-6-5-23(35)30(13-21(33)28-11-15-1-3-17(24(36)37)19(31)9-15)14-22(34)29-12-16-2-4-18(20(32)10-16)25(38)39-8-7-27/h1-4,9-10,31-32H,5-6,8,11-14,26H2,(H,28,33)(H,29,34)(H,36,37). The van der Waals surface area contributed by atoms with Crippen LogP contribution in [0.1, 0.15) is 38.3 Å². The van der Waals surface area contributed by atoms with Crippen LogP contribution in [-0.2, 0) is 32.2 Å². The number of esters is 1. The summed E-state index contributed by atoms with van der Waals surface area (Å²) in [4.78, 5) is 61.2. The maximum Gasteiger partial charge on any atom is 0.342 e. The fourth-order valence-corrected chi connectivity index (χ4v) is 3.28. The summed E-state index contributed by atoms with van der Waals surface area (Å²) in [6, 6.07) is 9.38. The number of carbonyl (C=O) groups is 5. The number of hydrogen-bond donors (Lipinski definition) is 6. The molecule has 0 aliphatic heterocycles. The molecule has 0 radical (unpaired) electrons. The summed E-state index contributed by atoms with van der Waals surface area (Å²) in [6.45, 7) is -1.55. The van der Waals surface area contributed by atoms with Gasteiger partial charge < -0.3 is 41.3 Å². The molecule has 3 amide bonds. The number of nitrogens with two attached hydrogens (primary N) is 1. The second kappa shape index (κ2) is 14.5. The van der Waals surface area contributed by atoms with E-state index in [0.29, 0.717) is 11.1 Å². The van der Waals surface area contributed by atoms with Gasteiger partial charge in [-0.05, 0) is 35.4 Å². The van der Waals surface area contributed by atoms with E-state index in [4.69, 9.17) is 16.1 Å². The third-order valence-electron chi connectivity index (χ3n) is 5.20. The van der Waals surface area contributed by atoms with Crippen molar-refractivity contribution in [2.24, 2.45) is 5.73 Å². The van der Waals surface area contributed by atoms with Crippen molar-refractivity contribution in [3.8, 4) is 17.6 Å². The number of carbonyl (C=O) groups excluding carboxylic acids is 4. The molecule has 0 saturated heterocycles. The van der Waals surface area contributed by atoms with Crippen molar-refractivity contribution < 1.29 is 44.0 Å². The molecule has 0 unspecified atom stereocenters. The molecule has 39 heavy (non-hydrogen) atoms. The van der Waals surface area contributed by atoms with Gasteiger partial charge in [0.1, 0.15) is 41.8 Å². The number of aromatic carboxylic acids is 1. The molecule has 0 aromatic heterocycles. The zero-order valence-corrected chi connectivity index (χ0v) is 20.7. The minimum Gasteiger partial charge on any atom is -0.507 e. The van der Waals surface area contributed by atoms with Crippen LogP contribution in [-0.4, -0.2) is 76.1 Å². The normalized spacial score (nSPS) is 10.2. The number of hydrogen-bond acceptors (Lipinski definition) is 10. The number of amides is 3. The minimum atomic E-state index is -1.30. The number of carboxylic acids is 1. The van der Waals surface area contributed by atoms with Crippen LogP contribution in [0.3, 0.4) is 0 Å². The van der Waals surface area contributed by atoms with Gasteiger partial charge in [-0.2, -0.15) is 5.26 Å². The Kier molecular flexibility index (Phi) is 11.2. The Hall–Kier alpha value is -5.16. The number of phenols is 2. The van der Waals surface area contributed by atoms with Crippen molar-refractivity contribution in [3.63, 3.8) is 0 Å². The molecule has 0 aliphatic carbocycles. The fraction of sp³-hybridized carbons (Fsp3) is 0.280. The Bertz CT molecular complexity index is 1290. The zero-order valence-electron chi connectivity index (χ0n) is 20.7. The predicted molar refractivity (Wildman–Crippen MR) is 133 cm³/mol. The first kappa shape index (κ1) is 30.1. The number of benzene rings is 2. The van der Waals surface area contributed by atoms with Crippen molar-refractivity contribution in [2.75, 3.05) is 26.2 Å². The highest BCUT2D eigenvalue weighted by atomic mass is 16.5. The number of rotatable bonds is 13. The molecule has 0 heterocycles. The lowest BCUT2D eigenvalue weighted by molar-refractivity contribution is -0.139. The molecule has 2 aromatic rings. The summed E-state index contributed by atoms with van der Waals surface area (Å²) in [5.41, 5.74) is 5.82. The Balaban J connectivity index is 1.95. The lowest BCUT2D eigenvalue weighted by Gasteiger charge is -2.22. The van der Waals surface area contributed by atoms with Gasteiger partial charge in [0.05, 0.1) is 0 Å². The van der Waals surface area contributed by atoms with Crippen LogP contribution in [0.25, 0.3) is 0 Å². The van der Waals surface area contributed by atoms with E-state index in [-0.39, 0.29) is 37.2 Å². The van der Waals surface area contributed by atoms with E-state index in [1.807, 2.05) is 0 Å². The summed E-state index contributed by atoms with van der Waals surface area (Å²) in [7, 11) is 0. The minimum absolute atomic E-state index is 0.00377. The van der Waals surface area contributed by atoms with Crippen molar-refractivity contribution >= 4 is 29.7 Å². The van der Waals surface area contributed by atoms with Gasteiger partial charge in [0.2, 0.25) is 17.7 Å². The molecule has 0 spiro atoms. The van der Waals surface area contributed by atoms with Gasteiger partial charge in [-0.3, -0.25) is 14.4 Å². The van der Waals surface area contributed by atoms with Crippen molar-refractivity contribution in [3.05, 3.63) is 58.7 Å². The molecule has 206 valence electrons. The molecule has 2 aromatic carbocycles. The molecule has 7 N–H and O–H groups in total. The number of ether oxygens (including phenoxy) is 1. The summed E-state index contributed by atoms with van der Waals surface area (Å²) < 4.78 is 4.63. The molecule has 14 heteroatoms. The molecule has 2 rings (SSSR count). The number of nitriles is 1. The summed E-state index contributed by atoms with van der Waals surface area (Å²) in [6.07, 6.45) is -0.109. The molecule has 0 bridgehead atoms. The molecule has 0 fully saturated rings. The second-order valence-corrected chi connectivity index (χ2v) is 8.08. The number of phenolic OH excluding ortho intramolecular Hbond substituents is 1. The molecular formula is C25H27N5O9. The van der Waals surface area contributed by atoms with E-state index in [0.717, 1.165) is 4.90 Å². The van der Waals surface area contributed by atoms with Gasteiger partial charge in [-0.25, -0.2) is 9.59 Å². The second-order valence-electron chi connectivity index (χ2n) is 8.08. The van der Waals surface area contributed by atoms with Crippen LogP contribution in [0.5, 0.6) is 11.5 Å². The quantitative estimate of drug-likeness (QED) is 0.178. The van der Waals surface area contributed by atoms with Crippen LogP contribution in [0, 0.1) is 11.3 Å². The Morgan fingerprint density at radius 2 is 1.41 bits per heavy atom. The monoisotopic (exact) mass is 541 g/mol. The van der Waals surface area contributed by atoms with Gasteiger partial charge in [0.25, 0.3) is 0 Å². The Morgan fingerprint density at radius 3 is 1.85 bits per heavy atom. The molecule has 14 nitrogen and oxygen atoms in total. The summed E-state index contributed by atoms with van der Waals surface area (Å²) in [5.74, 6) is -4.83.